The van der Waals surface area contributed by atoms with Crippen molar-refractivity contribution in [2.75, 3.05) is 17.2 Å². The Morgan fingerprint density at radius 2 is 1.72 bits per heavy atom. The lowest BCUT2D eigenvalue weighted by Crippen LogP contribution is -2.27. The molecule has 6 nitrogen and oxygen atoms in total. The molecule has 2 rings (SSSR count). The Balaban J connectivity index is 2.43. The smallest absolute Gasteiger partial charge is 0.418 e. The number of ether oxygens (including phenoxy) is 1. The predicted molar refractivity (Wildman–Crippen MR) is 116 cm³/mol. The molecule has 2 amide bonds. The van der Waals surface area contributed by atoms with Gasteiger partial charge >= 0.3 is 18.2 Å². The largest absolute Gasteiger partial charge is 0.481 e. The normalized spacial score (nSPS) is 13.3. The van der Waals surface area contributed by atoms with E-state index in [9.17, 15) is 22.8 Å². The van der Waals surface area contributed by atoms with Gasteiger partial charge in [0, 0.05) is 23.5 Å². The monoisotopic (exact) mass is 452 g/mol. The fourth-order valence-electron chi connectivity index (χ4n) is 3.32. The van der Waals surface area contributed by atoms with E-state index in [0.717, 1.165) is 5.56 Å². The number of rotatable bonds is 9. The number of carboxylic acids is 1. The van der Waals surface area contributed by atoms with Crippen molar-refractivity contribution in [2.45, 2.75) is 51.8 Å². The Morgan fingerprint density at radius 1 is 1.06 bits per heavy atom. The number of halogens is 3. The highest BCUT2D eigenvalue weighted by Crippen LogP contribution is 2.40. The Bertz CT molecular complexity index is 930. The number of benzene rings is 2. The SMILES string of the molecule is CCO[C@@H](c1ccc([C@@H](CC)CC(=O)O)cc1NC(=O)Nc1ccc(C)cc1)C(F)(F)F. The Morgan fingerprint density at radius 3 is 2.25 bits per heavy atom. The van der Waals surface area contributed by atoms with Crippen molar-refractivity contribution in [3.63, 3.8) is 0 Å². The second kappa shape index (κ2) is 11.0. The van der Waals surface area contributed by atoms with Gasteiger partial charge in [-0.15, -0.1) is 0 Å². The molecule has 0 aliphatic rings. The van der Waals surface area contributed by atoms with Crippen molar-refractivity contribution >= 4 is 23.4 Å². The topological polar surface area (TPSA) is 87.7 Å². The molecule has 0 aliphatic heterocycles. The summed E-state index contributed by atoms with van der Waals surface area (Å²) in [4.78, 5) is 23.7. The second-order valence-corrected chi connectivity index (χ2v) is 7.37. The number of nitrogens with one attached hydrogen (secondary N) is 2. The molecule has 3 N–H and O–H groups in total. The van der Waals surface area contributed by atoms with Gasteiger partial charge in [-0.1, -0.05) is 36.8 Å². The second-order valence-electron chi connectivity index (χ2n) is 7.37. The number of hydrogen-bond acceptors (Lipinski definition) is 3. The van der Waals surface area contributed by atoms with Gasteiger partial charge in [0.2, 0.25) is 0 Å². The third-order valence-electron chi connectivity index (χ3n) is 4.93. The molecular formula is C23H27F3N2O4. The molecule has 0 radical (unpaired) electrons. The van der Waals surface area contributed by atoms with Crippen molar-refractivity contribution in [1.29, 1.82) is 0 Å². The van der Waals surface area contributed by atoms with Crippen molar-refractivity contribution in [2.24, 2.45) is 0 Å². The molecule has 2 aromatic carbocycles. The van der Waals surface area contributed by atoms with Crippen molar-refractivity contribution in [1.82, 2.24) is 0 Å². The van der Waals surface area contributed by atoms with Crippen LogP contribution in [-0.2, 0) is 9.53 Å². The van der Waals surface area contributed by atoms with Gasteiger partial charge in [0.15, 0.2) is 6.10 Å². The molecule has 0 fully saturated rings. The summed E-state index contributed by atoms with van der Waals surface area (Å²) < 4.78 is 45.9. The molecule has 0 saturated heterocycles. The molecule has 0 unspecified atom stereocenters. The molecule has 9 heteroatoms. The minimum absolute atomic E-state index is 0.0910. The van der Waals surface area contributed by atoms with E-state index in [-0.39, 0.29) is 24.3 Å². The number of carboxylic acid groups (broad SMARTS) is 1. The van der Waals surface area contributed by atoms with E-state index in [4.69, 9.17) is 9.84 Å². The molecule has 174 valence electrons. The molecule has 0 saturated carbocycles. The lowest BCUT2D eigenvalue weighted by molar-refractivity contribution is -0.222. The van der Waals surface area contributed by atoms with E-state index in [1.165, 1.54) is 25.1 Å². The number of anilines is 2. The molecular weight excluding hydrogens is 425 g/mol. The van der Waals surface area contributed by atoms with E-state index in [2.05, 4.69) is 10.6 Å². The summed E-state index contributed by atoms with van der Waals surface area (Å²) in [7, 11) is 0. The lowest BCUT2D eigenvalue weighted by atomic mass is 9.91. The van der Waals surface area contributed by atoms with Crippen LogP contribution in [0.15, 0.2) is 42.5 Å². The Labute approximate surface area is 184 Å². The summed E-state index contributed by atoms with van der Waals surface area (Å²) in [5, 5.41) is 14.2. The molecule has 0 bridgehead atoms. The first-order valence-corrected chi connectivity index (χ1v) is 10.2. The van der Waals surface area contributed by atoms with Gasteiger partial charge in [-0.2, -0.15) is 13.2 Å². The minimum atomic E-state index is -4.70. The number of hydrogen-bond donors (Lipinski definition) is 3. The predicted octanol–water partition coefficient (Wildman–Crippen LogP) is 6.25. The van der Waals surface area contributed by atoms with E-state index >= 15 is 0 Å². The Kier molecular flexibility index (Phi) is 8.65. The molecule has 0 aromatic heterocycles. The van der Waals surface area contributed by atoms with Gasteiger partial charge < -0.3 is 20.5 Å². The summed E-state index contributed by atoms with van der Waals surface area (Å²) in [6.45, 7) is 4.94. The first-order chi connectivity index (χ1) is 15.0. The number of amides is 2. The number of urea groups is 1. The number of carbonyl (C=O) groups excluding carboxylic acids is 1. The van der Waals surface area contributed by atoms with Crippen molar-refractivity contribution in [3.8, 4) is 0 Å². The van der Waals surface area contributed by atoms with Gasteiger partial charge in [-0.05, 0) is 49.9 Å². The maximum atomic E-state index is 13.7. The van der Waals surface area contributed by atoms with Crippen molar-refractivity contribution < 1.29 is 32.6 Å². The fourth-order valence-corrected chi connectivity index (χ4v) is 3.32. The third-order valence-corrected chi connectivity index (χ3v) is 4.93. The van der Waals surface area contributed by atoms with Gasteiger partial charge in [-0.3, -0.25) is 4.79 Å². The molecule has 0 heterocycles. The summed E-state index contributed by atoms with van der Waals surface area (Å²) in [5.74, 6) is -1.44. The number of aliphatic carboxylic acids is 1. The molecule has 32 heavy (non-hydrogen) atoms. The molecule has 2 atom stereocenters. The minimum Gasteiger partial charge on any atom is -0.481 e. The molecule has 0 aliphatic carbocycles. The van der Waals surface area contributed by atoms with E-state index < -0.39 is 30.2 Å². The van der Waals surface area contributed by atoms with Crippen LogP contribution >= 0.6 is 0 Å². The van der Waals surface area contributed by atoms with Crippen LogP contribution in [0.1, 0.15) is 55.4 Å². The summed E-state index contributed by atoms with van der Waals surface area (Å²) >= 11 is 0. The van der Waals surface area contributed by atoms with Crippen LogP contribution in [0, 0.1) is 6.92 Å². The maximum absolute atomic E-state index is 13.7. The van der Waals surface area contributed by atoms with Crippen LogP contribution in [-0.4, -0.2) is 29.9 Å². The third kappa shape index (κ3) is 6.98. The zero-order chi connectivity index (χ0) is 23.9. The highest BCUT2D eigenvalue weighted by Gasteiger charge is 2.43. The summed E-state index contributed by atoms with van der Waals surface area (Å²) in [6, 6.07) is 10.3. The first-order valence-electron chi connectivity index (χ1n) is 10.2. The molecule has 0 spiro atoms. The van der Waals surface area contributed by atoms with Gasteiger partial charge in [0.05, 0.1) is 6.42 Å². The zero-order valence-corrected chi connectivity index (χ0v) is 18.1. The van der Waals surface area contributed by atoms with Crippen LogP contribution in [0.25, 0.3) is 0 Å². The van der Waals surface area contributed by atoms with Crippen LogP contribution < -0.4 is 10.6 Å². The van der Waals surface area contributed by atoms with Crippen LogP contribution in [0.5, 0.6) is 0 Å². The quantitative estimate of drug-likeness (QED) is 0.420. The average molecular weight is 452 g/mol. The van der Waals surface area contributed by atoms with Crippen LogP contribution in [0.3, 0.4) is 0 Å². The number of alkyl halides is 3. The fraction of sp³-hybridized carbons (Fsp3) is 0.391. The average Bonchev–Trinajstić information content (AvgIpc) is 2.71. The number of aryl methyl sites for hydroxylation is 1. The standard InChI is InChI=1S/C23H27F3N2O4/c1-4-15(13-20(29)30)16-8-11-18(21(32-5-2)23(24,25)26)19(12-16)28-22(31)27-17-9-6-14(3)7-10-17/h6-12,15,21H,4-5,13H2,1-3H3,(H,29,30)(H2,27,28,31)/t15-,21-/m0/s1. The highest BCUT2D eigenvalue weighted by atomic mass is 19.4. The van der Waals surface area contributed by atoms with Crippen molar-refractivity contribution in [3.05, 3.63) is 59.2 Å². The first kappa shape index (κ1) is 25.2. The Hall–Kier alpha value is -3.07. The highest BCUT2D eigenvalue weighted by molar-refractivity contribution is 6.00. The number of carbonyl (C=O) groups is 2. The summed E-state index contributed by atoms with van der Waals surface area (Å²) in [5.41, 5.74) is 1.63. The van der Waals surface area contributed by atoms with Gasteiger partial charge in [0.1, 0.15) is 0 Å². The zero-order valence-electron chi connectivity index (χ0n) is 18.1. The lowest BCUT2D eigenvalue weighted by Gasteiger charge is -2.25. The maximum Gasteiger partial charge on any atom is 0.418 e. The summed E-state index contributed by atoms with van der Waals surface area (Å²) in [6.07, 6.45) is -6.66. The van der Waals surface area contributed by atoms with Crippen LogP contribution in [0.4, 0.5) is 29.3 Å². The van der Waals surface area contributed by atoms with Crippen LogP contribution in [0.2, 0.25) is 0 Å². The molecule has 2 aromatic rings. The van der Waals surface area contributed by atoms with E-state index in [1.54, 1.807) is 31.2 Å². The van der Waals surface area contributed by atoms with Gasteiger partial charge in [0.25, 0.3) is 0 Å². The van der Waals surface area contributed by atoms with E-state index in [1.807, 2.05) is 6.92 Å². The van der Waals surface area contributed by atoms with E-state index in [0.29, 0.717) is 17.7 Å². The van der Waals surface area contributed by atoms with Gasteiger partial charge in [-0.25, -0.2) is 4.79 Å².